The molecule has 1 saturated carbocycles. The maximum atomic E-state index is 13.7. The van der Waals surface area contributed by atoms with Gasteiger partial charge in [-0.2, -0.15) is 0 Å². The van der Waals surface area contributed by atoms with Crippen LogP contribution in [0.2, 0.25) is 0 Å². The van der Waals surface area contributed by atoms with E-state index in [1.54, 1.807) is 12.1 Å². The van der Waals surface area contributed by atoms with E-state index in [2.05, 4.69) is 24.3 Å². The second kappa shape index (κ2) is 8.34. The van der Waals surface area contributed by atoms with Crippen molar-refractivity contribution in [3.63, 3.8) is 0 Å². The number of nitrogens with one attached hydrogen (secondary N) is 2. The van der Waals surface area contributed by atoms with E-state index in [0.717, 1.165) is 29.5 Å². The van der Waals surface area contributed by atoms with Gasteiger partial charge in [-0.1, -0.05) is 31.8 Å². The van der Waals surface area contributed by atoms with E-state index in [4.69, 9.17) is 9.93 Å². The molecule has 2 aromatic rings. The lowest BCUT2D eigenvalue weighted by molar-refractivity contribution is -0.129. The van der Waals surface area contributed by atoms with Gasteiger partial charge in [0, 0.05) is 23.7 Å². The summed E-state index contributed by atoms with van der Waals surface area (Å²) in [5, 5.41) is 16.6. The Morgan fingerprint density at radius 3 is 2.84 bits per heavy atom. The van der Waals surface area contributed by atoms with Gasteiger partial charge < -0.3 is 14.7 Å². The minimum atomic E-state index is -0.377. The van der Waals surface area contributed by atoms with Crippen molar-refractivity contribution in [1.82, 2.24) is 15.4 Å². The number of benzene rings is 1. The van der Waals surface area contributed by atoms with Crippen LogP contribution in [0.1, 0.15) is 62.8 Å². The van der Waals surface area contributed by atoms with Crippen molar-refractivity contribution >= 4 is 11.7 Å². The Morgan fingerprint density at radius 1 is 1.31 bits per heavy atom. The molecule has 5 rings (SSSR count). The summed E-state index contributed by atoms with van der Waals surface area (Å²) in [7, 11) is 0. The standard InChI is InChI=1S/C25H31FN4O2/c1-14(2)11-21-25(31)28-20(15-5-3-4-6-15)13-30(21)24(27)22-19-9-7-16-12-17(26)8-10-18(16)23(19)32-29-22/h8,10,12,14-15,20-21,27H,3-7,9,11,13H2,1-2H3,(H,28,31)/t20-,21?/m1/s1. The second-order valence-corrected chi connectivity index (χ2v) is 9.95. The van der Waals surface area contributed by atoms with Crippen LogP contribution in [0.3, 0.4) is 0 Å². The molecule has 2 N–H and O–H groups in total. The van der Waals surface area contributed by atoms with E-state index in [1.165, 1.54) is 18.9 Å². The molecule has 3 aliphatic rings. The van der Waals surface area contributed by atoms with Crippen LogP contribution in [0.25, 0.3) is 11.3 Å². The second-order valence-electron chi connectivity index (χ2n) is 9.95. The van der Waals surface area contributed by atoms with Gasteiger partial charge in [0.2, 0.25) is 5.91 Å². The molecule has 1 aromatic carbocycles. The number of amides is 1. The minimum Gasteiger partial charge on any atom is -0.355 e. The third-order valence-corrected chi connectivity index (χ3v) is 7.32. The molecule has 0 bridgehead atoms. The molecule has 1 saturated heterocycles. The molecule has 0 spiro atoms. The number of halogens is 1. The van der Waals surface area contributed by atoms with E-state index >= 15 is 0 Å². The molecule has 7 heteroatoms. The van der Waals surface area contributed by atoms with Gasteiger partial charge in [-0.3, -0.25) is 10.2 Å². The molecule has 170 valence electrons. The Bertz CT molecular complexity index is 1040. The summed E-state index contributed by atoms with van der Waals surface area (Å²) in [6, 6.07) is 4.40. The quantitative estimate of drug-likeness (QED) is 0.551. The van der Waals surface area contributed by atoms with Crippen molar-refractivity contribution in [1.29, 1.82) is 5.41 Å². The van der Waals surface area contributed by atoms with Crippen molar-refractivity contribution < 1.29 is 13.7 Å². The topological polar surface area (TPSA) is 82.2 Å². The minimum absolute atomic E-state index is 0.0183. The zero-order valence-corrected chi connectivity index (χ0v) is 18.8. The smallest absolute Gasteiger partial charge is 0.243 e. The van der Waals surface area contributed by atoms with Gasteiger partial charge >= 0.3 is 0 Å². The summed E-state index contributed by atoms with van der Waals surface area (Å²) in [5.74, 6) is 1.46. The zero-order chi connectivity index (χ0) is 22.4. The molecular formula is C25H31FN4O2. The van der Waals surface area contributed by atoms with Gasteiger partial charge in [0.25, 0.3) is 0 Å². The number of fused-ring (bicyclic) bond motifs is 3. The van der Waals surface area contributed by atoms with E-state index in [0.29, 0.717) is 49.1 Å². The predicted octanol–water partition coefficient (Wildman–Crippen LogP) is 4.31. The largest absolute Gasteiger partial charge is 0.355 e. The Hall–Kier alpha value is -2.70. The molecule has 6 nitrogen and oxygen atoms in total. The fourth-order valence-electron chi connectivity index (χ4n) is 5.69. The molecule has 0 radical (unpaired) electrons. The van der Waals surface area contributed by atoms with Gasteiger partial charge in [-0.15, -0.1) is 0 Å². The van der Waals surface area contributed by atoms with Gasteiger partial charge in [0.05, 0.1) is 0 Å². The van der Waals surface area contributed by atoms with Gasteiger partial charge in [0.1, 0.15) is 11.9 Å². The highest BCUT2D eigenvalue weighted by molar-refractivity contribution is 6.00. The fraction of sp³-hybridized carbons (Fsp3) is 0.560. The van der Waals surface area contributed by atoms with Crippen molar-refractivity contribution in [2.24, 2.45) is 11.8 Å². The predicted molar refractivity (Wildman–Crippen MR) is 120 cm³/mol. The first-order valence-corrected chi connectivity index (χ1v) is 11.9. The van der Waals surface area contributed by atoms with Crippen LogP contribution in [0.15, 0.2) is 22.7 Å². The average Bonchev–Trinajstić information content (AvgIpc) is 3.44. The third kappa shape index (κ3) is 3.71. The maximum Gasteiger partial charge on any atom is 0.243 e. The monoisotopic (exact) mass is 438 g/mol. The summed E-state index contributed by atoms with van der Waals surface area (Å²) < 4.78 is 19.4. The first kappa shape index (κ1) is 21.2. The van der Waals surface area contributed by atoms with Crippen molar-refractivity contribution in [3.8, 4) is 11.3 Å². The lowest BCUT2D eigenvalue weighted by Crippen LogP contribution is -2.63. The SMILES string of the molecule is CC(C)CC1C(=O)N[C@@H](C2CCCC2)CN1C(=N)c1noc2c1CCc1cc(F)ccc1-2. The highest BCUT2D eigenvalue weighted by Gasteiger charge is 2.41. The number of carbonyl (C=O) groups is 1. The van der Waals surface area contributed by atoms with Crippen LogP contribution in [-0.2, 0) is 17.6 Å². The van der Waals surface area contributed by atoms with Crippen molar-refractivity contribution in [2.45, 2.75) is 70.9 Å². The van der Waals surface area contributed by atoms with Crippen molar-refractivity contribution in [3.05, 3.63) is 40.8 Å². The number of nitrogens with zero attached hydrogens (tertiary/aromatic N) is 2. The molecule has 1 unspecified atom stereocenters. The summed E-state index contributed by atoms with van der Waals surface area (Å²) in [6.07, 6.45) is 6.70. The molecule has 2 atom stereocenters. The van der Waals surface area contributed by atoms with Gasteiger partial charge in [0.15, 0.2) is 17.3 Å². The van der Waals surface area contributed by atoms with E-state index in [9.17, 15) is 9.18 Å². The Balaban J connectivity index is 1.47. The lowest BCUT2D eigenvalue weighted by Gasteiger charge is -2.43. The Morgan fingerprint density at radius 2 is 2.09 bits per heavy atom. The number of carbonyl (C=O) groups excluding carboxylic acids is 1. The summed E-state index contributed by atoms with van der Waals surface area (Å²) >= 11 is 0. The van der Waals surface area contributed by atoms with Crippen LogP contribution < -0.4 is 5.32 Å². The third-order valence-electron chi connectivity index (χ3n) is 7.32. The molecule has 2 aliphatic carbocycles. The summed E-state index contributed by atoms with van der Waals surface area (Å²) in [5.41, 5.74) is 3.16. The van der Waals surface area contributed by atoms with Gasteiger partial charge in [-0.25, -0.2) is 4.39 Å². The molecular weight excluding hydrogens is 407 g/mol. The normalized spacial score (nSPS) is 23.2. The first-order valence-electron chi connectivity index (χ1n) is 11.9. The van der Waals surface area contributed by atoms with E-state index in [-0.39, 0.29) is 29.6 Å². The molecule has 1 aromatic heterocycles. The molecule has 1 aliphatic heterocycles. The number of amidine groups is 1. The van der Waals surface area contributed by atoms with Crippen LogP contribution in [0.4, 0.5) is 4.39 Å². The van der Waals surface area contributed by atoms with Crippen LogP contribution in [0, 0.1) is 23.1 Å². The lowest BCUT2D eigenvalue weighted by atomic mass is 9.88. The number of hydrogen-bond acceptors (Lipinski definition) is 4. The van der Waals surface area contributed by atoms with Crippen LogP contribution in [0.5, 0.6) is 0 Å². The van der Waals surface area contributed by atoms with E-state index < -0.39 is 0 Å². The molecule has 2 heterocycles. The Labute approximate surface area is 188 Å². The van der Waals surface area contributed by atoms with Gasteiger partial charge in [-0.05, 0) is 67.7 Å². The Kier molecular flexibility index (Phi) is 5.51. The molecule has 2 fully saturated rings. The van der Waals surface area contributed by atoms with Crippen molar-refractivity contribution in [2.75, 3.05) is 6.54 Å². The number of aromatic nitrogens is 1. The summed E-state index contributed by atoms with van der Waals surface area (Å²) in [4.78, 5) is 15.1. The maximum absolute atomic E-state index is 13.7. The highest BCUT2D eigenvalue weighted by atomic mass is 19.1. The number of rotatable bonds is 4. The zero-order valence-electron chi connectivity index (χ0n) is 18.8. The van der Waals surface area contributed by atoms with Crippen LogP contribution >= 0.6 is 0 Å². The summed E-state index contributed by atoms with van der Waals surface area (Å²) in [6.45, 7) is 4.84. The number of piperazine rings is 1. The number of hydrogen-bond donors (Lipinski definition) is 2. The molecule has 1 amide bonds. The van der Waals surface area contributed by atoms with E-state index in [1.807, 2.05) is 4.90 Å². The average molecular weight is 439 g/mol. The highest BCUT2D eigenvalue weighted by Crippen LogP contribution is 2.37. The fourth-order valence-corrected chi connectivity index (χ4v) is 5.69. The molecule has 32 heavy (non-hydrogen) atoms. The number of aryl methyl sites for hydroxylation is 1. The first-order chi connectivity index (χ1) is 15.4. The van der Waals surface area contributed by atoms with Crippen LogP contribution in [-0.4, -0.2) is 40.4 Å².